The average Bonchev–Trinajstić information content (AvgIpc) is 2.98. The molecule has 0 spiro atoms. The van der Waals surface area contributed by atoms with Crippen LogP contribution < -0.4 is 0 Å². The molecule has 0 amide bonds. The number of nitrogens with zero attached hydrogens (tertiary/aromatic N) is 4. The van der Waals surface area contributed by atoms with E-state index in [0.29, 0.717) is 5.56 Å². The molecule has 0 unspecified atom stereocenters. The van der Waals surface area contributed by atoms with Crippen LogP contribution in [0.4, 0.5) is 0 Å². The Labute approximate surface area is 125 Å². The van der Waals surface area contributed by atoms with Crippen molar-refractivity contribution in [3.05, 3.63) is 42.4 Å². The van der Waals surface area contributed by atoms with Crippen LogP contribution in [-0.2, 0) is 4.74 Å². The van der Waals surface area contributed by atoms with Crippen LogP contribution in [-0.4, -0.2) is 39.1 Å². The molecule has 0 radical (unpaired) electrons. The number of carbonyl (C=O) groups is 1. The number of hydrogen-bond donors (Lipinski definition) is 0. The zero-order chi connectivity index (χ0) is 14.8. The first kappa shape index (κ1) is 13.6. The quantitative estimate of drug-likeness (QED) is 0.420. The SMILES string of the molecule is COC(=O)c1ccc(-n2cc3ncnc(SC)c3n2)cc1. The van der Waals surface area contributed by atoms with E-state index in [1.54, 1.807) is 16.8 Å². The van der Waals surface area contributed by atoms with E-state index < -0.39 is 0 Å². The molecule has 0 aliphatic carbocycles. The van der Waals surface area contributed by atoms with Gasteiger partial charge in [-0.15, -0.1) is 11.8 Å². The molecule has 2 aromatic heterocycles. The van der Waals surface area contributed by atoms with Crippen molar-refractivity contribution < 1.29 is 9.53 Å². The molecule has 7 heteroatoms. The summed E-state index contributed by atoms with van der Waals surface area (Å²) < 4.78 is 6.40. The third kappa shape index (κ3) is 2.47. The van der Waals surface area contributed by atoms with Crippen molar-refractivity contribution in [2.75, 3.05) is 13.4 Å². The number of rotatable bonds is 3. The van der Waals surface area contributed by atoms with E-state index in [4.69, 9.17) is 0 Å². The Hall–Kier alpha value is -2.41. The van der Waals surface area contributed by atoms with E-state index in [1.807, 2.05) is 24.6 Å². The van der Waals surface area contributed by atoms with E-state index in [9.17, 15) is 4.79 Å². The predicted molar refractivity (Wildman–Crippen MR) is 79.8 cm³/mol. The van der Waals surface area contributed by atoms with Crippen LogP contribution in [0.1, 0.15) is 10.4 Å². The van der Waals surface area contributed by atoms with Crippen molar-refractivity contribution in [2.45, 2.75) is 5.03 Å². The number of aromatic nitrogens is 4. The Morgan fingerprint density at radius 1 is 1.24 bits per heavy atom. The van der Waals surface area contributed by atoms with E-state index in [2.05, 4.69) is 19.8 Å². The highest BCUT2D eigenvalue weighted by Gasteiger charge is 2.10. The second kappa shape index (κ2) is 5.53. The lowest BCUT2D eigenvalue weighted by Crippen LogP contribution is -2.01. The first-order chi connectivity index (χ1) is 10.2. The van der Waals surface area contributed by atoms with Crippen LogP contribution in [0.25, 0.3) is 16.7 Å². The summed E-state index contributed by atoms with van der Waals surface area (Å²) in [5.41, 5.74) is 2.89. The van der Waals surface area contributed by atoms with E-state index in [-0.39, 0.29) is 5.97 Å². The number of ether oxygens (including phenoxy) is 1. The molecule has 0 bridgehead atoms. The molecule has 0 aliphatic heterocycles. The number of esters is 1. The molecule has 0 saturated carbocycles. The third-order valence-electron chi connectivity index (χ3n) is 3.02. The topological polar surface area (TPSA) is 69.9 Å². The minimum atomic E-state index is -0.359. The number of hydrogen-bond acceptors (Lipinski definition) is 6. The van der Waals surface area contributed by atoms with E-state index in [0.717, 1.165) is 21.7 Å². The maximum atomic E-state index is 11.4. The molecule has 3 rings (SSSR count). The van der Waals surface area contributed by atoms with Gasteiger partial charge >= 0.3 is 5.97 Å². The van der Waals surface area contributed by atoms with Crippen LogP contribution in [0.3, 0.4) is 0 Å². The van der Waals surface area contributed by atoms with Crippen LogP contribution in [0.2, 0.25) is 0 Å². The molecule has 0 saturated heterocycles. The summed E-state index contributed by atoms with van der Waals surface area (Å²) in [5, 5.41) is 5.34. The second-order valence-corrected chi connectivity index (χ2v) is 5.02. The maximum Gasteiger partial charge on any atom is 0.337 e. The molecule has 0 aliphatic rings. The summed E-state index contributed by atoms with van der Waals surface area (Å²) >= 11 is 1.53. The highest BCUT2D eigenvalue weighted by Crippen LogP contribution is 2.22. The number of thioether (sulfide) groups is 1. The Balaban J connectivity index is 2.02. The van der Waals surface area contributed by atoms with Gasteiger partial charge in [0.2, 0.25) is 0 Å². The first-order valence-corrected chi connectivity index (χ1v) is 7.38. The fourth-order valence-corrected chi connectivity index (χ4v) is 2.46. The second-order valence-electron chi connectivity index (χ2n) is 4.23. The van der Waals surface area contributed by atoms with Crippen LogP contribution in [0, 0.1) is 0 Å². The van der Waals surface area contributed by atoms with Gasteiger partial charge in [0, 0.05) is 0 Å². The predicted octanol–water partition coefficient (Wildman–Crippen LogP) is 2.32. The highest BCUT2D eigenvalue weighted by atomic mass is 32.2. The summed E-state index contributed by atoms with van der Waals surface area (Å²) in [6.45, 7) is 0. The Kier molecular flexibility index (Phi) is 3.57. The number of benzene rings is 1. The minimum absolute atomic E-state index is 0.359. The smallest absolute Gasteiger partial charge is 0.337 e. The molecular weight excluding hydrogens is 288 g/mol. The summed E-state index contributed by atoms with van der Waals surface area (Å²) in [6.07, 6.45) is 5.32. The Morgan fingerprint density at radius 2 is 2.00 bits per heavy atom. The van der Waals surface area contributed by atoms with Crippen molar-refractivity contribution in [1.29, 1.82) is 0 Å². The van der Waals surface area contributed by atoms with Crippen LogP contribution in [0.15, 0.2) is 41.8 Å². The van der Waals surface area contributed by atoms with Crippen LogP contribution in [0.5, 0.6) is 0 Å². The van der Waals surface area contributed by atoms with Gasteiger partial charge in [-0.2, -0.15) is 5.10 Å². The number of fused-ring (bicyclic) bond motifs is 1. The van der Waals surface area contributed by atoms with Gasteiger partial charge in [-0.25, -0.2) is 19.4 Å². The van der Waals surface area contributed by atoms with Gasteiger partial charge in [-0.1, -0.05) is 0 Å². The summed E-state index contributed by atoms with van der Waals surface area (Å²) in [4.78, 5) is 19.8. The van der Waals surface area contributed by atoms with Gasteiger partial charge in [-0.05, 0) is 30.5 Å². The molecule has 21 heavy (non-hydrogen) atoms. The van der Waals surface area contributed by atoms with Crippen molar-refractivity contribution in [1.82, 2.24) is 19.7 Å². The van der Waals surface area contributed by atoms with Gasteiger partial charge < -0.3 is 4.74 Å². The lowest BCUT2D eigenvalue weighted by Gasteiger charge is -2.02. The van der Waals surface area contributed by atoms with Gasteiger partial charge in [-0.3, -0.25) is 0 Å². The molecular formula is C14H12N4O2S. The Morgan fingerprint density at radius 3 is 2.67 bits per heavy atom. The van der Waals surface area contributed by atoms with Gasteiger partial charge in [0.1, 0.15) is 22.4 Å². The molecule has 0 fully saturated rings. The molecule has 6 nitrogen and oxygen atoms in total. The highest BCUT2D eigenvalue weighted by molar-refractivity contribution is 7.98. The lowest BCUT2D eigenvalue weighted by atomic mass is 10.2. The largest absolute Gasteiger partial charge is 0.465 e. The van der Waals surface area contributed by atoms with Crippen molar-refractivity contribution in [2.24, 2.45) is 0 Å². The maximum absolute atomic E-state index is 11.4. The van der Waals surface area contributed by atoms with E-state index >= 15 is 0 Å². The van der Waals surface area contributed by atoms with Crippen molar-refractivity contribution in [3.63, 3.8) is 0 Å². The van der Waals surface area contributed by atoms with E-state index in [1.165, 1.54) is 25.2 Å². The summed E-state index contributed by atoms with van der Waals surface area (Å²) in [7, 11) is 1.36. The van der Waals surface area contributed by atoms with Crippen molar-refractivity contribution in [3.8, 4) is 5.69 Å². The molecule has 0 N–H and O–H groups in total. The molecule has 3 aromatic rings. The summed E-state index contributed by atoms with van der Waals surface area (Å²) in [6, 6.07) is 7.03. The number of carbonyl (C=O) groups excluding carboxylic acids is 1. The number of methoxy groups -OCH3 is 1. The lowest BCUT2D eigenvalue weighted by molar-refractivity contribution is 0.0601. The zero-order valence-electron chi connectivity index (χ0n) is 11.5. The standard InChI is InChI=1S/C14H12N4O2S/c1-20-14(19)9-3-5-10(6-4-9)18-7-11-12(17-18)13(21-2)16-8-15-11/h3-8H,1-2H3. The van der Waals surface area contributed by atoms with Gasteiger partial charge in [0.05, 0.1) is 24.6 Å². The van der Waals surface area contributed by atoms with Crippen LogP contribution >= 0.6 is 11.8 Å². The first-order valence-electron chi connectivity index (χ1n) is 6.16. The normalized spacial score (nSPS) is 10.8. The monoisotopic (exact) mass is 300 g/mol. The molecule has 1 aromatic carbocycles. The molecule has 106 valence electrons. The van der Waals surface area contributed by atoms with Gasteiger partial charge in [0.15, 0.2) is 0 Å². The van der Waals surface area contributed by atoms with Gasteiger partial charge in [0.25, 0.3) is 0 Å². The fourth-order valence-electron chi connectivity index (χ4n) is 1.97. The zero-order valence-corrected chi connectivity index (χ0v) is 12.3. The average molecular weight is 300 g/mol. The summed E-state index contributed by atoms with van der Waals surface area (Å²) in [5.74, 6) is -0.359. The minimum Gasteiger partial charge on any atom is -0.465 e. The van der Waals surface area contributed by atoms with Crippen molar-refractivity contribution >= 4 is 28.8 Å². The third-order valence-corrected chi connectivity index (χ3v) is 3.70. The Bertz CT molecular complexity index is 798. The molecule has 2 heterocycles. The fraction of sp³-hybridized carbons (Fsp3) is 0.143. The molecule has 0 atom stereocenters.